The molecular weight excluding hydrogens is 381 g/mol. The molecule has 2 fully saturated rings. The quantitative estimate of drug-likeness (QED) is 0.783. The van der Waals surface area contributed by atoms with Crippen molar-refractivity contribution in [3.05, 3.63) is 33.9 Å². The van der Waals surface area contributed by atoms with Crippen LogP contribution in [-0.4, -0.2) is 42.6 Å². The Kier molecular flexibility index (Phi) is 4.81. The molecule has 1 amide bonds. The number of thiazole rings is 1. The van der Waals surface area contributed by atoms with Crippen LogP contribution in [0.5, 0.6) is 5.75 Å². The summed E-state index contributed by atoms with van der Waals surface area (Å²) >= 11 is 1.42. The van der Waals surface area contributed by atoms with Gasteiger partial charge in [-0.05, 0) is 18.9 Å². The molecule has 1 atom stereocenters. The monoisotopic (exact) mass is 401 g/mol. The number of nitrogens with zero attached hydrogens (tertiary/aromatic N) is 3. The van der Waals surface area contributed by atoms with E-state index in [1.165, 1.54) is 30.6 Å². The molecule has 1 saturated heterocycles. The molecule has 2 aliphatic rings. The Balaban J connectivity index is 1.58. The first kappa shape index (κ1) is 18.8. The number of rotatable bonds is 4. The third-order valence-electron chi connectivity index (χ3n) is 5.35. The third-order valence-corrected chi connectivity index (χ3v) is 6.29. The Morgan fingerprint density at radius 1 is 1.50 bits per heavy atom. The zero-order chi connectivity index (χ0) is 19.9. The van der Waals surface area contributed by atoms with Crippen LogP contribution >= 0.6 is 11.3 Å². The van der Waals surface area contributed by atoms with Gasteiger partial charge in [0.15, 0.2) is 0 Å². The van der Waals surface area contributed by atoms with Gasteiger partial charge < -0.3 is 14.4 Å². The fourth-order valence-electron chi connectivity index (χ4n) is 3.34. The van der Waals surface area contributed by atoms with E-state index in [2.05, 4.69) is 4.98 Å². The molecule has 8 heteroatoms. The van der Waals surface area contributed by atoms with E-state index in [4.69, 9.17) is 14.7 Å². The number of carbonyl (C=O) groups is 1. The molecule has 146 valence electrons. The Morgan fingerprint density at radius 2 is 2.29 bits per heavy atom. The summed E-state index contributed by atoms with van der Waals surface area (Å²) in [6.07, 6.45) is 1.60. The first-order valence-electron chi connectivity index (χ1n) is 9.09. The van der Waals surface area contributed by atoms with E-state index in [0.29, 0.717) is 36.7 Å². The molecular formula is C20H20FN3O3S. The molecule has 2 heterocycles. The molecule has 1 aromatic carbocycles. The lowest BCUT2D eigenvalue weighted by molar-refractivity contribution is -0.144. The van der Waals surface area contributed by atoms with E-state index in [0.717, 1.165) is 17.8 Å². The van der Waals surface area contributed by atoms with Crippen LogP contribution in [0.1, 0.15) is 36.4 Å². The van der Waals surface area contributed by atoms with Crippen molar-refractivity contribution in [2.75, 3.05) is 26.8 Å². The molecule has 0 bridgehead atoms. The first-order valence-corrected chi connectivity index (χ1v) is 9.97. The smallest absolute Gasteiger partial charge is 0.228 e. The van der Waals surface area contributed by atoms with Crippen LogP contribution in [0.25, 0.3) is 11.3 Å². The van der Waals surface area contributed by atoms with Gasteiger partial charge in [0.1, 0.15) is 28.7 Å². The van der Waals surface area contributed by atoms with Gasteiger partial charge in [0, 0.05) is 29.0 Å². The highest BCUT2D eigenvalue weighted by atomic mass is 32.1. The standard InChI is InChI=1S/C20H20FN3O3S/c1-20(3-4-20)19(25)24-5-6-27-17(10-24)18-23-15(11-28-18)13-7-12(9-22)14(21)8-16(13)26-2/h7-8,11,17H,3-6,10H2,1-2H3. The number of ether oxygens (including phenoxy) is 2. The highest BCUT2D eigenvalue weighted by Crippen LogP contribution is 2.47. The Bertz CT molecular complexity index is 964. The summed E-state index contributed by atoms with van der Waals surface area (Å²) in [5.41, 5.74) is 0.880. The lowest BCUT2D eigenvalue weighted by atomic mass is 10.1. The van der Waals surface area contributed by atoms with E-state index in [1.807, 2.05) is 23.3 Å². The van der Waals surface area contributed by atoms with Gasteiger partial charge in [-0.25, -0.2) is 9.37 Å². The van der Waals surface area contributed by atoms with Gasteiger partial charge in [-0.1, -0.05) is 6.92 Å². The summed E-state index contributed by atoms with van der Waals surface area (Å²) in [5, 5.41) is 11.7. The van der Waals surface area contributed by atoms with E-state index in [-0.39, 0.29) is 23.0 Å². The fourth-order valence-corrected chi connectivity index (χ4v) is 4.19. The van der Waals surface area contributed by atoms with Crippen molar-refractivity contribution in [1.29, 1.82) is 5.26 Å². The minimum atomic E-state index is -0.628. The van der Waals surface area contributed by atoms with Crippen molar-refractivity contribution < 1.29 is 18.7 Å². The molecule has 6 nitrogen and oxygen atoms in total. The van der Waals surface area contributed by atoms with Crippen molar-refractivity contribution in [2.24, 2.45) is 5.41 Å². The van der Waals surface area contributed by atoms with Crippen LogP contribution in [0.4, 0.5) is 4.39 Å². The van der Waals surface area contributed by atoms with Crippen molar-refractivity contribution in [3.63, 3.8) is 0 Å². The first-order chi connectivity index (χ1) is 13.4. The van der Waals surface area contributed by atoms with Gasteiger partial charge in [0.25, 0.3) is 0 Å². The molecule has 0 radical (unpaired) electrons. The molecule has 1 aliphatic carbocycles. The van der Waals surface area contributed by atoms with Crippen molar-refractivity contribution >= 4 is 17.2 Å². The second-order valence-corrected chi connectivity index (χ2v) is 8.28. The van der Waals surface area contributed by atoms with Gasteiger partial charge in [0.2, 0.25) is 5.91 Å². The van der Waals surface area contributed by atoms with Gasteiger partial charge in [-0.15, -0.1) is 11.3 Å². The van der Waals surface area contributed by atoms with Gasteiger partial charge in [-0.3, -0.25) is 4.79 Å². The molecule has 1 unspecified atom stereocenters. The number of benzene rings is 1. The van der Waals surface area contributed by atoms with E-state index >= 15 is 0 Å². The van der Waals surface area contributed by atoms with E-state index in [1.54, 1.807) is 0 Å². The van der Waals surface area contributed by atoms with Crippen LogP contribution in [0.3, 0.4) is 0 Å². The minimum absolute atomic E-state index is 0.0614. The predicted molar refractivity (Wildman–Crippen MR) is 101 cm³/mol. The van der Waals surface area contributed by atoms with Crippen LogP contribution in [0, 0.1) is 22.6 Å². The number of morpholine rings is 1. The zero-order valence-corrected chi connectivity index (χ0v) is 16.5. The van der Waals surface area contributed by atoms with Crippen LogP contribution in [0.15, 0.2) is 17.5 Å². The second-order valence-electron chi connectivity index (χ2n) is 7.39. The summed E-state index contributed by atoms with van der Waals surface area (Å²) in [7, 11) is 1.45. The molecule has 1 aliphatic heterocycles. The van der Waals surface area contributed by atoms with Crippen molar-refractivity contribution in [1.82, 2.24) is 9.88 Å². The number of hydrogen-bond donors (Lipinski definition) is 0. The molecule has 1 saturated carbocycles. The SMILES string of the molecule is COc1cc(F)c(C#N)cc1-c1csc(C2CN(C(=O)C3(C)CC3)CCO2)n1. The lowest BCUT2D eigenvalue weighted by Crippen LogP contribution is -2.45. The molecule has 4 rings (SSSR count). The maximum absolute atomic E-state index is 13.9. The summed E-state index contributed by atoms with van der Waals surface area (Å²) in [4.78, 5) is 19.1. The molecule has 2 aromatic rings. The van der Waals surface area contributed by atoms with Gasteiger partial charge in [0.05, 0.1) is 31.5 Å². The number of methoxy groups -OCH3 is 1. The maximum atomic E-state index is 13.9. The van der Waals surface area contributed by atoms with Gasteiger partial charge in [-0.2, -0.15) is 5.26 Å². The Hall–Kier alpha value is -2.50. The highest BCUT2D eigenvalue weighted by Gasteiger charge is 2.48. The Morgan fingerprint density at radius 3 is 2.96 bits per heavy atom. The van der Waals surface area contributed by atoms with Crippen LogP contribution in [-0.2, 0) is 9.53 Å². The third kappa shape index (κ3) is 3.36. The molecule has 1 aromatic heterocycles. The minimum Gasteiger partial charge on any atom is -0.496 e. The summed E-state index contributed by atoms with van der Waals surface area (Å²) in [6.45, 7) is 3.56. The topological polar surface area (TPSA) is 75.5 Å². The zero-order valence-electron chi connectivity index (χ0n) is 15.7. The van der Waals surface area contributed by atoms with Crippen LogP contribution in [0.2, 0.25) is 0 Å². The predicted octanol–water partition coefficient (Wildman–Crippen LogP) is 3.53. The number of carbonyl (C=O) groups excluding carboxylic acids is 1. The fraction of sp³-hybridized carbons (Fsp3) is 0.450. The number of nitriles is 1. The van der Waals surface area contributed by atoms with E-state index < -0.39 is 5.82 Å². The average molecular weight is 401 g/mol. The lowest BCUT2D eigenvalue weighted by Gasteiger charge is -2.33. The maximum Gasteiger partial charge on any atom is 0.228 e. The second kappa shape index (κ2) is 7.15. The average Bonchev–Trinajstić information content (AvgIpc) is 3.28. The van der Waals surface area contributed by atoms with E-state index in [9.17, 15) is 9.18 Å². The largest absolute Gasteiger partial charge is 0.496 e. The molecule has 0 spiro atoms. The number of hydrogen-bond acceptors (Lipinski definition) is 6. The van der Waals surface area contributed by atoms with Gasteiger partial charge >= 0.3 is 0 Å². The number of halogens is 1. The van der Waals surface area contributed by atoms with Crippen LogP contribution < -0.4 is 4.74 Å². The molecule has 28 heavy (non-hydrogen) atoms. The summed E-state index contributed by atoms with van der Waals surface area (Å²) in [5.74, 6) is -0.121. The molecule has 0 N–H and O–H groups in total. The summed E-state index contributed by atoms with van der Waals surface area (Å²) in [6, 6.07) is 4.48. The number of aromatic nitrogens is 1. The Labute approximate surface area is 166 Å². The highest BCUT2D eigenvalue weighted by molar-refractivity contribution is 7.10. The normalized spacial score (nSPS) is 20.5. The summed E-state index contributed by atoms with van der Waals surface area (Å²) < 4.78 is 25.0. The van der Waals surface area contributed by atoms with Crippen molar-refractivity contribution in [3.8, 4) is 23.1 Å². The van der Waals surface area contributed by atoms with Crippen molar-refractivity contribution in [2.45, 2.75) is 25.9 Å². The number of amides is 1.